The summed E-state index contributed by atoms with van der Waals surface area (Å²) in [5.74, 6) is -0.286. The molecule has 1 aliphatic rings. The third-order valence-corrected chi connectivity index (χ3v) is 6.23. The second kappa shape index (κ2) is 11.9. The van der Waals surface area contributed by atoms with Crippen LogP contribution in [0.25, 0.3) is 21.8 Å². The summed E-state index contributed by atoms with van der Waals surface area (Å²) in [6.07, 6.45) is -0.702. The zero-order valence-electron chi connectivity index (χ0n) is 19.8. The van der Waals surface area contributed by atoms with Crippen molar-refractivity contribution in [2.75, 3.05) is 44.5 Å². The number of carbonyl (C=O) groups is 2. The molecule has 0 bridgehead atoms. The van der Waals surface area contributed by atoms with Gasteiger partial charge >= 0.3 is 5.97 Å². The van der Waals surface area contributed by atoms with E-state index in [1.54, 1.807) is 24.3 Å². The van der Waals surface area contributed by atoms with Crippen molar-refractivity contribution in [2.45, 2.75) is 20.0 Å². The van der Waals surface area contributed by atoms with Crippen molar-refractivity contribution in [1.29, 1.82) is 0 Å². The molecule has 9 heteroatoms. The van der Waals surface area contributed by atoms with Crippen LogP contribution < -0.4 is 9.64 Å². The van der Waals surface area contributed by atoms with Crippen molar-refractivity contribution in [3.05, 3.63) is 53.9 Å². The van der Waals surface area contributed by atoms with Gasteiger partial charge in [-0.1, -0.05) is 30.3 Å². The maximum absolute atomic E-state index is 12.9. The Morgan fingerprint density at radius 3 is 2.63 bits per heavy atom. The molecule has 4 rings (SSSR count). The zero-order valence-corrected chi connectivity index (χ0v) is 20.6. The van der Waals surface area contributed by atoms with E-state index in [0.717, 1.165) is 21.8 Å². The summed E-state index contributed by atoms with van der Waals surface area (Å²) in [7, 11) is 0. The standard InChI is InChI=1S/C26H28N2O6S/c1-3-31-11-12-32-13-14-33-24(29)16-28-22-15-20(9-10-23(22)34-18(2)26(28)30)21-17-35-25(27-21)19-7-5-4-6-8-19/h4-10,15,17-18H,3,11-14,16H2,1-2H3. The second-order valence-corrected chi connectivity index (χ2v) is 8.66. The number of esters is 1. The van der Waals surface area contributed by atoms with E-state index in [9.17, 15) is 9.59 Å². The van der Waals surface area contributed by atoms with Gasteiger partial charge in [-0.25, -0.2) is 4.98 Å². The molecule has 1 aromatic heterocycles. The Hall–Kier alpha value is -3.27. The fourth-order valence-electron chi connectivity index (χ4n) is 3.60. The molecule has 1 unspecified atom stereocenters. The van der Waals surface area contributed by atoms with E-state index in [1.165, 1.54) is 4.90 Å². The molecule has 0 aliphatic carbocycles. The zero-order chi connectivity index (χ0) is 24.6. The maximum Gasteiger partial charge on any atom is 0.326 e. The SMILES string of the molecule is CCOCCOCCOC(=O)CN1C(=O)C(C)Oc2ccc(-c3csc(-c4ccccc4)n3)cc21. The summed E-state index contributed by atoms with van der Waals surface area (Å²) in [5.41, 5.74) is 3.17. The number of benzene rings is 2. The number of rotatable bonds is 11. The number of amides is 1. The summed E-state index contributed by atoms with van der Waals surface area (Å²) in [5, 5.41) is 2.88. The molecule has 0 N–H and O–H groups in total. The van der Waals surface area contributed by atoms with E-state index in [1.807, 2.05) is 54.8 Å². The summed E-state index contributed by atoms with van der Waals surface area (Å²) in [6, 6.07) is 15.5. The molecular formula is C26H28N2O6S. The molecule has 3 aromatic rings. The van der Waals surface area contributed by atoms with Gasteiger partial charge in [-0.15, -0.1) is 11.3 Å². The van der Waals surface area contributed by atoms with Crippen molar-refractivity contribution >= 4 is 28.9 Å². The molecule has 35 heavy (non-hydrogen) atoms. The lowest BCUT2D eigenvalue weighted by Crippen LogP contribution is -2.47. The highest BCUT2D eigenvalue weighted by Gasteiger charge is 2.33. The summed E-state index contributed by atoms with van der Waals surface area (Å²) in [6.45, 7) is 5.29. The molecule has 2 aromatic carbocycles. The Morgan fingerprint density at radius 2 is 1.83 bits per heavy atom. The molecule has 2 heterocycles. The normalized spacial score (nSPS) is 15.0. The average Bonchev–Trinajstić information content (AvgIpc) is 3.37. The average molecular weight is 497 g/mol. The van der Waals surface area contributed by atoms with Gasteiger partial charge in [0.2, 0.25) is 0 Å². The Morgan fingerprint density at radius 1 is 1.06 bits per heavy atom. The second-order valence-electron chi connectivity index (χ2n) is 7.80. The van der Waals surface area contributed by atoms with E-state index in [-0.39, 0.29) is 25.7 Å². The van der Waals surface area contributed by atoms with Crippen molar-refractivity contribution in [1.82, 2.24) is 4.98 Å². The van der Waals surface area contributed by atoms with E-state index in [0.29, 0.717) is 31.3 Å². The molecule has 184 valence electrons. The van der Waals surface area contributed by atoms with E-state index in [4.69, 9.17) is 23.9 Å². The van der Waals surface area contributed by atoms with Gasteiger partial charge in [0, 0.05) is 23.1 Å². The third-order valence-electron chi connectivity index (χ3n) is 5.34. The van der Waals surface area contributed by atoms with Crippen molar-refractivity contribution < 1.29 is 28.5 Å². The van der Waals surface area contributed by atoms with Crippen LogP contribution in [0.2, 0.25) is 0 Å². The molecule has 0 saturated carbocycles. The van der Waals surface area contributed by atoms with Crippen LogP contribution in [0.3, 0.4) is 0 Å². The highest BCUT2D eigenvalue weighted by Crippen LogP contribution is 2.38. The van der Waals surface area contributed by atoms with Crippen LogP contribution in [0.5, 0.6) is 5.75 Å². The van der Waals surface area contributed by atoms with Gasteiger partial charge in [0.25, 0.3) is 5.91 Å². The fourth-order valence-corrected chi connectivity index (χ4v) is 4.44. The van der Waals surface area contributed by atoms with Crippen LogP contribution in [-0.2, 0) is 23.8 Å². The Kier molecular flexibility index (Phi) is 8.46. The van der Waals surface area contributed by atoms with Crippen molar-refractivity contribution in [3.63, 3.8) is 0 Å². The molecule has 1 amide bonds. The van der Waals surface area contributed by atoms with Gasteiger partial charge in [-0.2, -0.15) is 0 Å². The Bertz CT molecular complexity index is 1150. The van der Waals surface area contributed by atoms with Gasteiger partial charge in [0.15, 0.2) is 6.10 Å². The first-order valence-corrected chi connectivity index (χ1v) is 12.4. The van der Waals surface area contributed by atoms with Crippen molar-refractivity contribution in [3.8, 4) is 27.6 Å². The molecule has 1 aliphatic heterocycles. The predicted molar refractivity (Wildman–Crippen MR) is 134 cm³/mol. The van der Waals surface area contributed by atoms with Crippen LogP contribution in [0, 0.1) is 0 Å². The topological polar surface area (TPSA) is 87.2 Å². The summed E-state index contributed by atoms with van der Waals surface area (Å²) in [4.78, 5) is 31.5. The first-order valence-electron chi connectivity index (χ1n) is 11.5. The first-order chi connectivity index (χ1) is 17.1. The Balaban J connectivity index is 1.45. The number of ether oxygens (including phenoxy) is 4. The molecular weight excluding hydrogens is 468 g/mol. The molecule has 0 radical (unpaired) electrons. The van der Waals surface area contributed by atoms with E-state index >= 15 is 0 Å². The van der Waals surface area contributed by atoms with Crippen LogP contribution in [0.4, 0.5) is 5.69 Å². The summed E-state index contributed by atoms with van der Waals surface area (Å²) < 4.78 is 21.6. The maximum atomic E-state index is 12.9. The number of carbonyl (C=O) groups excluding carboxylic acids is 2. The van der Waals surface area contributed by atoms with Gasteiger partial charge < -0.3 is 18.9 Å². The number of thiazole rings is 1. The fraction of sp³-hybridized carbons (Fsp3) is 0.346. The summed E-state index contributed by atoms with van der Waals surface area (Å²) >= 11 is 1.55. The molecule has 0 saturated heterocycles. The van der Waals surface area contributed by atoms with Gasteiger partial charge in [-0.3, -0.25) is 14.5 Å². The predicted octanol–water partition coefficient (Wildman–Crippen LogP) is 4.19. The minimum absolute atomic E-state index is 0.104. The van der Waals surface area contributed by atoms with Crippen LogP contribution in [0.1, 0.15) is 13.8 Å². The lowest BCUT2D eigenvalue weighted by atomic mass is 10.1. The number of nitrogens with zero attached hydrogens (tertiary/aromatic N) is 2. The van der Waals surface area contributed by atoms with Crippen LogP contribution in [0.15, 0.2) is 53.9 Å². The minimum atomic E-state index is -0.702. The number of fused-ring (bicyclic) bond motifs is 1. The first kappa shape index (κ1) is 24.8. The lowest BCUT2D eigenvalue weighted by molar-refractivity contribution is -0.145. The molecule has 8 nitrogen and oxygen atoms in total. The van der Waals surface area contributed by atoms with E-state index in [2.05, 4.69) is 0 Å². The van der Waals surface area contributed by atoms with Gasteiger partial charge in [0.05, 0.1) is 31.2 Å². The lowest BCUT2D eigenvalue weighted by Gasteiger charge is -2.32. The number of anilines is 1. The van der Waals surface area contributed by atoms with Crippen LogP contribution >= 0.6 is 11.3 Å². The molecule has 0 spiro atoms. The highest BCUT2D eigenvalue weighted by atomic mass is 32.1. The van der Waals surface area contributed by atoms with Crippen LogP contribution in [-0.4, -0.2) is 62.5 Å². The third kappa shape index (κ3) is 6.25. The largest absolute Gasteiger partial charge is 0.479 e. The molecule has 1 atom stereocenters. The van der Waals surface area contributed by atoms with Gasteiger partial charge in [-0.05, 0) is 32.0 Å². The number of hydrogen-bond donors (Lipinski definition) is 0. The number of hydrogen-bond acceptors (Lipinski definition) is 8. The van der Waals surface area contributed by atoms with Gasteiger partial charge in [0.1, 0.15) is 23.9 Å². The highest BCUT2D eigenvalue weighted by molar-refractivity contribution is 7.13. The number of aromatic nitrogens is 1. The van der Waals surface area contributed by atoms with Crippen molar-refractivity contribution in [2.24, 2.45) is 0 Å². The Labute approximate surface area is 208 Å². The molecule has 0 fully saturated rings. The monoisotopic (exact) mass is 496 g/mol. The smallest absolute Gasteiger partial charge is 0.326 e. The van der Waals surface area contributed by atoms with E-state index < -0.39 is 12.1 Å². The quantitative estimate of drug-likeness (QED) is 0.291. The minimum Gasteiger partial charge on any atom is -0.479 e.